The molecule has 1 aliphatic rings. The normalized spacial score (nSPS) is 15.9. The fraction of sp³-hybridized carbons (Fsp3) is 0.500. The third-order valence-corrected chi connectivity index (χ3v) is 3.91. The molecule has 0 saturated heterocycles. The molecule has 1 heterocycles. The molecule has 0 bridgehead atoms. The number of carbonyl (C=O) groups excluding carboxylic acids is 1. The van der Waals surface area contributed by atoms with Crippen molar-refractivity contribution < 1.29 is 14.7 Å². The Hall–Kier alpha value is -1.82. The van der Waals surface area contributed by atoms with E-state index in [0.29, 0.717) is 23.7 Å². The van der Waals surface area contributed by atoms with Crippen molar-refractivity contribution in [1.82, 2.24) is 10.3 Å². The molecule has 1 saturated carbocycles. The van der Waals surface area contributed by atoms with Gasteiger partial charge in [0, 0.05) is 13.2 Å². The Morgan fingerprint density at radius 1 is 1.48 bits per heavy atom. The average Bonchev–Trinajstić information content (AvgIpc) is 2.36. The van der Waals surface area contributed by atoms with E-state index in [2.05, 4.69) is 10.3 Å². The molecule has 0 radical (unpaired) electrons. The summed E-state index contributed by atoms with van der Waals surface area (Å²) in [6.07, 6.45) is 3.87. The van der Waals surface area contributed by atoms with E-state index < -0.39 is 11.5 Å². The Labute approximate surface area is 128 Å². The number of likely N-dealkylation sites (N-methyl/N-ethyl adjacent to an activating group) is 1. The van der Waals surface area contributed by atoms with Gasteiger partial charge in [0.25, 0.3) is 0 Å². The maximum atomic E-state index is 12.1. The number of halogens is 1. The molecule has 0 aliphatic heterocycles. The fourth-order valence-corrected chi connectivity index (χ4v) is 2.58. The molecule has 114 valence electrons. The van der Waals surface area contributed by atoms with Crippen LogP contribution in [0.4, 0.5) is 5.82 Å². The van der Waals surface area contributed by atoms with Gasteiger partial charge in [-0.1, -0.05) is 11.6 Å². The van der Waals surface area contributed by atoms with Crippen LogP contribution in [0.2, 0.25) is 5.02 Å². The SMILES string of the molecule is CN(CC(=O)NC1(CC(=O)O)CCC1)c1ccc(Cl)cn1. The van der Waals surface area contributed by atoms with E-state index in [1.165, 1.54) is 6.20 Å². The topological polar surface area (TPSA) is 82.5 Å². The Kier molecular flexibility index (Phi) is 4.67. The first-order valence-corrected chi connectivity index (χ1v) is 7.13. The zero-order valence-electron chi connectivity index (χ0n) is 11.8. The monoisotopic (exact) mass is 311 g/mol. The Morgan fingerprint density at radius 2 is 2.19 bits per heavy atom. The highest BCUT2D eigenvalue weighted by Gasteiger charge is 2.40. The van der Waals surface area contributed by atoms with Gasteiger partial charge >= 0.3 is 5.97 Å². The number of aromatic nitrogens is 1. The van der Waals surface area contributed by atoms with Crippen molar-refractivity contribution in [2.75, 3.05) is 18.5 Å². The molecule has 21 heavy (non-hydrogen) atoms. The summed E-state index contributed by atoms with van der Waals surface area (Å²) < 4.78 is 0. The molecule has 1 fully saturated rings. The minimum absolute atomic E-state index is 0.0261. The van der Waals surface area contributed by atoms with E-state index in [1.807, 2.05) is 0 Å². The zero-order valence-corrected chi connectivity index (χ0v) is 12.6. The van der Waals surface area contributed by atoms with Crippen LogP contribution in [0, 0.1) is 0 Å². The lowest BCUT2D eigenvalue weighted by molar-refractivity contribution is -0.140. The second-order valence-corrected chi connectivity index (χ2v) is 5.88. The van der Waals surface area contributed by atoms with E-state index >= 15 is 0 Å². The molecule has 2 rings (SSSR count). The van der Waals surface area contributed by atoms with E-state index in [1.54, 1.807) is 24.1 Å². The third-order valence-electron chi connectivity index (χ3n) is 3.69. The van der Waals surface area contributed by atoms with Crippen LogP contribution in [0.1, 0.15) is 25.7 Å². The standard InChI is InChI=1S/C14H18ClN3O3/c1-18(11-4-3-10(15)8-16-11)9-12(19)17-14(5-2-6-14)7-13(20)21/h3-4,8H,2,5-7,9H2,1H3,(H,17,19)(H,20,21). The highest BCUT2D eigenvalue weighted by Crippen LogP contribution is 2.34. The molecule has 1 amide bonds. The highest BCUT2D eigenvalue weighted by atomic mass is 35.5. The van der Waals surface area contributed by atoms with Crippen LogP contribution in [0.5, 0.6) is 0 Å². The predicted octanol–water partition coefficient (Wildman–Crippen LogP) is 1.68. The number of anilines is 1. The maximum absolute atomic E-state index is 12.1. The number of rotatable bonds is 6. The molecule has 7 heteroatoms. The van der Waals surface area contributed by atoms with Gasteiger partial charge in [-0.15, -0.1) is 0 Å². The smallest absolute Gasteiger partial charge is 0.305 e. The highest BCUT2D eigenvalue weighted by molar-refractivity contribution is 6.30. The first-order valence-electron chi connectivity index (χ1n) is 6.76. The molecule has 0 aromatic carbocycles. The molecule has 2 N–H and O–H groups in total. The second kappa shape index (κ2) is 6.30. The van der Waals surface area contributed by atoms with Crippen LogP contribution < -0.4 is 10.2 Å². The lowest BCUT2D eigenvalue weighted by Gasteiger charge is -2.41. The number of hydrogen-bond donors (Lipinski definition) is 2. The van der Waals surface area contributed by atoms with Gasteiger partial charge in [-0.3, -0.25) is 9.59 Å². The number of amides is 1. The quantitative estimate of drug-likeness (QED) is 0.835. The van der Waals surface area contributed by atoms with Crippen molar-refractivity contribution in [3.63, 3.8) is 0 Å². The van der Waals surface area contributed by atoms with Gasteiger partial charge in [0.1, 0.15) is 5.82 Å². The first kappa shape index (κ1) is 15.6. The summed E-state index contributed by atoms with van der Waals surface area (Å²) >= 11 is 5.77. The largest absolute Gasteiger partial charge is 0.481 e. The number of carboxylic acids is 1. The van der Waals surface area contributed by atoms with E-state index in [0.717, 1.165) is 6.42 Å². The molecule has 1 aromatic heterocycles. The third kappa shape index (κ3) is 4.07. The summed E-state index contributed by atoms with van der Waals surface area (Å²) in [5, 5.41) is 12.3. The van der Waals surface area contributed by atoms with Crippen molar-refractivity contribution in [2.45, 2.75) is 31.2 Å². The van der Waals surface area contributed by atoms with E-state index in [-0.39, 0.29) is 18.9 Å². The molecule has 6 nitrogen and oxygen atoms in total. The first-order chi connectivity index (χ1) is 9.90. The van der Waals surface area contributed by atoms with Crippen molar-refractivity contribution in [2.24, 2.45) is 0 Å². The number of carbonyl (C=O) groups is 2. The zero-order chi connectivity index (χ0) is 15.5. The summed E-state index contributed by atoms with van der Waals surface area (Å²) in [5.74, 6) is -0.451. The van der Waals surface area contributed by atoms with Crippen LogP contribution in [-0.4, -0.2) is 41.1 Å². The van der Waals surface area contributed by atoms with Gasteiger partial charge in [0.15, 0.2) is 0 Å². The number of carboxylic acid groups (broad SMARTS) is 1. The summed E-state index contributed by atoms with van der Waals surface area (Å²) in [5.41, 5.74) is -0.572. The predicted molar refractivity (Wildman–Crippen MR) is 79.5 cm³/mol. The lowest BCUT2D eigenvalue weighted by atomic mass is 9.74. The van der Waals surface area contributed by atoms with E-state index in [4.69, 9.17) is 16.7 Å². The van der Waals surface area contributed by atoms with Gasteiger partial charge in [-0.2, -0.15) is 0 Å². The Balaban J connectivity index is 1.91. The second-order valence-electron chi connectivity index (χ2n) is 5.44. The maximum Gasteiger partial charge on any atom is 0.305 e. The van der Waals surface area contributed by atoms with Crippen molar-refractivity contribution in [1.29, 1.82) is 0 Å². The Morgan fingerprint density at radius 3 is 2.67 bits per heavy atom. The minimum atomic E-state index is -0.886. The summed E-state index contributed by atoms with van der Waals surface area (Å²) in [6.45, 7) is 0.121. The molecule has 1 aromatic rings. The van der Waals surface area contributed by atoms with Crippen LogP contribution >= 0.6 is 11.6 Å². The van der Waals surface area contributed by atoms with E-state index in [9.17, 15) is 9.59 Å². The minimum Gasteiger partial charge on any atom is -0.481 e. The molecular weight excluding hydrogens is 294 g/mol. The van der Waals surface area contributed by atoms with Gasteiger partial charge < -0.3 is 15.3 Å². The fourth-order valence-electron chi connectivity index (χ4n) is 2.46. The van der Waals surface area contributed by atoms with Crippen molar-refractivity contribution in [3.8, 4) is 0 Å². The van der Waals surface area contributed by atoms with Crippen LogP contribution in [0.25, 0.3) is 0 Å². The number of nitrogens with one attached hydrogen (secondary N) is 1. The lowest BCUT2D eigenvalue weighted by Crippen LogP contribution is -2.56. The number of hydrogen-bond acceptors (Lipinski definition) is 4. The average molecular weight is 312 g/mol. The summed E-state index contributed by atoms with van der Waals surface area (Å²) in [7, 11) is 1.75. The molecule has 0 atom stereocenters. The van der Waals surface area contributed by atoms with Crippen molar-refractivity contribution >= 4 is 29.3 Å². The molecular formula is C14H18ClN3O3. The number of pyridine rings is 1. The van der Waals surface area contributed by atoms with Crippen molar-refractivity contribution in [3.05, 3.63) is 23.4 Å². The van der Waals surface area contributed by atoms with Crippen LogP contribution in [0.3, 0.4) is 0 Å². The van der Waals surface area contributed by atoms with Crippen LogP contribution in [-0.2, 0) is 9.59 Å². The van der Waals surface area contributed by atoms with Gasteiger partial charge in [0.2, 0.25) is 5.91 Å². The van der Waals surface area contributed by atoms with Crippen LogP contribution in [0.15, 0.2) is 18.3 Å². The Bertz CT molecular complexity index is 529. The summed E-state index contributed by atoms with van der Waals surface area (Å²) in [6, 6.07) is 3.43. The molecule has 0 spiro atoms. The molecule has 0 unspecified atom stereocenters. The number of nitrogens with zero attached hydrogens (tertiary/aromatic N) is 2. The van der Waals surface area contributed by atoms with Gasteiger partial charge in [-0.25, -0.2) is 4.98 Å². The summed E-state index contributed by atoms with van der Waals surface area (Å²) in [4.78, 5) is 28.8. The molecule has 1 aliphatic carbocycles. The van der Waals surface area contributed by atoms with Gasteiger partial charge in [-0.05, 0) is 31.4 Å². The van der Waals surface area contributed by atoms with Gasteiger partial charge in [0.05, 0.1) is 23.5 Å². The number of aliphatic carboxylic acids is 1.